The lowest BCUT2D eigenvalue weighted by atomic mass is 9.75. The Morgan fingerprint density at radius 1 is 0.745 bits per heavy atom. The minimum atomic E-state index is -1.03. The number of aromatic nitrogens is 8. The summed E-state index contributed by atoms with van der Waals surface area (Å²) in [5, 5.41) is 30.6. The first-order chi connectivity index (χ1) is 26.4. The minimum absolute atomic E-state index is 0.120. The highest BCUT2D eigenvalue weighted by Gasteiger charge is 2.44. The molecule has 0 radical (unpaired) electrons. The lowest BCUT2D eigenvalue weighted by Crippen LogP contribution is -2.27. The molecule has 14 nitrogen and oxygen atoms in total. The van der Waals surface area contributed by atoms with Gasteiger partial charge in [-0.3, -0.25) is 14.2 Å². The second-order valence-corrected chi connectivity index (χ2v) is 16.4. The van der Waals surface area contributed by atoms with Crippen molar-refractivity contribution in [1.82, 2.24) is 38.7 Å². The zero-order chi connectivity index (χ0) is 38.4. The summed E-state index contributed by atoms with van der Waals surface area (Å²) in [6.07, 6.45) is 5.02. The molecule has 2 aromatic carbocycles. The normalized spacial score (nSPS) is 20.8. The first-order valence-corrected chi connectivity index (χ1v) is 19.6. The number of imidazole rings is 2. The zero-order valence-electron chi connectivity index (χ0n) is 30.1. The van der Waals surface area contributed by atoms with Gasteiger partial charge >= 0.3 is 5.97 Å². The van der Waals surface area contributed by atoms with E-state index in [1.54, 1.807) is 48.0 Å². The quantitative estimate of drug-likeness (QED) is 0.169. The summed E-state index contributed by atoms with van der Waals surface area (Å²) in [5.74, 6) is 1.15. The molecule has 0 saturated heterocycles. The van der Waals surface area contributed by atoms with Gasteiger partial charge in [-0.2, -0.15) is 10.2 Å². The van der Waals surface area contributed by atoms with Crippen molar-refractivity contribution in [3.8, 4) is 22.8 Å². The van der Waals surface area contributed by atoms with Crippen LogP contribution < -0.4 is 5.73 Å². The fraction of sp³-hybridized carbons (Fsp3) is 0.333. The van der Waals surface area contributed by atoms with Crippen molar-refractivity contribution in [3.63, 3.8) is 0 Å². The van der Waals surface area contributed by atoms with Gasteiger partial charge in [0.15, 0.2) is 11.4 Å². The lowest BCUT2D eigenvalue weighted by Gasteiger charge is -2.36. The number of primary amides is 1. The van der Waals surface area contributed by atoms with E-state index < -0.39 is 24.1 Å². The zero-order valence-corrected chi connectivity index (χ0v) is 33.3. The molecule has 1 amide bonds. The number of hydrogen-bond donors (Lipinski definition) is 3. The maximum Gasteiger partial charge on any atom is 0.358 e. The maximum atomic E-state index is 12.6. The van der Waals surface area contributed by atoms with Crippen molar-refractivity contribution in [2.45, 2.75) is 61.8 Å². The van der Waals surface area contributed by atoms with Crippen LogP contribution in [0.5, 0.6) is 0 Å². The summed E-state index contributed by atoms with van der Waals surface area (Å²) in [6, 6.07) is 16.2. The summed E-state index contributed by atoms with van der Waals surface area (Å²) in [7, 11) is 4.85. The molecule has 282 valence electrons. The predicted octanol–water partition coefficient (Wildman–Crippen LogP) is 6.01. The topological polar surface area (TPSA) is 181 Å². The van der Waals surface area contributed by atoms with Crippen LogP contribution in [0.2, 0.25) is 0 Å². The van der Waals surface area contributed by atoms with Crippen molar-refractivity contribution in [1.29, 1.82) is 0 Å². The Kier molecular flexibility index (Phi) is 8.71. The van der Waals surface area contributed by atoms with Crippen LogP contribution in [0.3, 0.4) is 0 Å². The monoisotopic (exact) mass is 869 g/mol. The van der Waals surface area contributed by atoms with Gasteiger partial charge in [-0.1, -0.05) is 44.0 Å². The Balaban J connectivity index is 0.000000144. The van der Waals surface area contributed by atoms with Crippen LogP contribution in [0.4, 0.5) is 0 Å². The molecule has 2 unspecified atom stereocenters. The SMILES string of the molecule is COC(=O)c1nc2n(c1C(O)c1ccnn1C)C1CC(C1)c1ccc(Br)cc1-2.Cn1nccc1C(O)c1c(C(N)=O)nc2n1C1CC(C1)c1ccc(Br)cc1-2. The summed E-state index contributed by atoms with van der Waals surface area (Å²) < 4.78 is 14.2. The molecular weight excluding hydrogens is 834 g/mol. The van der Waals surface area contributed by atoms with Crippen molar-refractivity contribution >= 4 is 43.7 Å². The van der Waals surface area contributed by atoms with Gasteiger partial charge in [0.1, 0.15) is 23.9 Å². The Hall–Kier alpha value is -4.90. The second kappa shape index (κ2) is 13.4. The summed E-state index contributed by atoms with van der Waals surface area (Å²) >= 11 is 7.09. The summed E-state index contributed by atoms with van der Waals surface area (Å²) in [4.78, 5) is 34.0. The van der Waals surface area contributed by atoms with E-state index >= 15 is 0 Å². The van der Waals surface area contributed by atoms with Crippen LogP contribution in [-0.4, -0.2) is 67.9 Å². The molecule has 6 aromatic rings. The van der Waals surface area contributed by atoms with E-state index in [0.717, 1.165) is 45.8 Å². The van der Waals surface area contributed by atoms with Gasteiger partial charge in [0.05, 0.1) is 29.9 Å². The molecule has 0 spiro atoms. The standard InChI is InChI=1S/C20H19BrN4O3.C19H18BrN5O2/c1-24-15(5-6-22-24)18(26)17-16(20(27)28-2)23-19-14-9-11(21)3-4-13(14)10-7-12(8-10)25(17)19;1-24-14(4-5-22-24)17(26)16-15(18(21)27)23-19-13-8-10(20)2-3-12(13)9-6-11(7-9)25(16)19/h3-6,9-10,12,18,26H,7-8H2,1-2H3;2-5,8-9,11,17,26H,6-7H2,1H3,(H2,21,27). The van der Waals surface area contributed by atoms with Crippen LogP contribution in [0.25, 0.3) is 22.8 Å². The smallest absolute Gasteiger partial charge is 0.358 e. The number of carbonyl (C=O) groups is 2. The van der Waals surface area contributed by atoms with Crippen LogP contribution >= 0.6 is 31.9 Å². The van der Waals surface area contributed by atoms with Crippen molar-refractivity contribution in [2.24, 2.45) is 19.8 Å². The fourth-order valence-corrected chi connectivity index (χ4v) is 9.53. The number of ether oxygens (including phenoxy) is 1. The first kappa shape index (κ1) is 35.8. The second-order valence-electron chi connectivity index (χ2n) is 14.6. The third kappa shape index (κ3) is 5.63. The lowest BCUT2D eigenvalue weighted by molar-refractivity contribution is 0.0586. The number of methoxy groups -OCH3 is 1. The Morgan fingerprint density at radius 2 is 1.18 bits per heavy atom. The molecule has 55 heavy (non-hydrogen) atoms. The van der Waals surface area contributed by atoms with Crippen LogP contribution in [-0.2, 0) is 18.8 Å². The average molecular weight is 872 g/mol. The number of esters is 1. The minimum Gasteiger partial charge on any atom is -0.464 e. The third-order valence-corrected chi connectivity index (χ3v) is 12.6. The van der Waals surface area contributed by atoms with Crippen LogP contribution in [0.15, 0.2) is 69.9 Å². The first-order valence-electron chi connectivity index (χ1n) is 18.0. The van der Waals surface area contributed by atoms with Gasteiger partial charge in [0.2, 0.25) is 0 Å². The van der Waals surface area contributed by atoms with Crippen LogP contribution in [0.1, 0.15) is 117 Å². The highest BCUT2D eigenvalue weighted by Crippen LogP contribution is 2.55. The number of aliphatic hydroxyl groups excluding tert-OH is 2. The Morgan fingerprint density at radius 3 is 1.58 bits per heavy atom. The van der Waals surface area contributed by atoms with Crippen molar-refractivity contribution in [2.75, 3.05) is 7.11 Å². The third-order valence-electron chi connectivity index (χ3n) is 11.7. The van der Waals surface area contributed by atoms with E-state index in [2.05, 4.69) is 64.2 Å². The number of carbonyl (C=O) groups excluding carboxylic acids is 2. The number of aliphatic hydroxyl groups is 2. The van der Waals surface area contributed by atoms with Crippen molar-refractivity contribution in [3.05, 3.63) is 115 Å². The van der Waals surface area contributed by atoms with Crippen LogP contribution in [0, 0.1) is 0 Å². The largest absolute Gasteiger partial charge is 0.464 e. The molecule has 4 aromatic heterocycles. The molecule has 4 N–H and O–H groups in total. The van der Waals surface area contributed by atoms with E-state index in [4.69, 9.17) is 10.5 Å². The van der Waals surface area contributed by atoms with E-state index in [1.807, 2.05) is 33.4 Å². The number of aryl methyl sites for hydroxylation is 2. The van der Waals surface area contributed by atoms with Gasteiger partial charge in [0, 0.05) is 58.6 Å². The van der Waals surface area contributed by atoms with E-state index in [0.29, 0.717) is 46.3 Å². The number of hydrogen-bond acceptors (Lipinski definition) is 9. The number of amides is 1. The molecule has 6 aliphatic rings. The molecule has 8 heterocycles. The molecule has 2 atom stereocenters. The van der Waals surface area contributed by atoms with E-state index in [9.17, 15) is 19.8 Å². The van der Waals surface area contributed by atoms with Gasteiger partial charge in [-0.25, -0.2) is 14.8 Å². The molecule has 2 aliphatic carbocycles. The average Bonchev–Trinajstić information content (AvgIpc) is 3.88. The highest BCUT2D eigenvalue weighted by molar-refractivity contribution is 9.10. The highest BCUT2D eigenvalue weighted by atomic mass is 79.9. The summed E-state index contributed by atoms with van der Waals surface area (Å²) in [5.41, 5.74) is 12.5. The molecule has 12 rings (SSSR count). The van der Waals surface area contributed by atoms with E-state index in [-0.39, 0.29) is 23.5 Å². The van der Waals surface area contributed by atoms with Crippen molar-refractivity contribution < 1.29 is 24.5 Å². The maximum absolute atomic E-state index is 12.6. The fourth-order valence-electron chi connectivity index (χ4n) is 8.81. The van der Waals surface area contributed by atoms with E-state index in [1.165, 1.54) is 18.2 Å². The Bertz CT molecular complexity index is 2520. The molecule has 16 heteroatoms. The molecule has 2 saturated carbocycles. The number of nitrogens with zero attached hydrogens (tertiary/aromatic N) is 8. The predicted molar refractivity (Wildman–Crippen MR) is 207 cm³/mol. The number of nitrogens with two attached hydrogens (primary N) is 1. The van der Waals surface area contributed by atoms with Gasteiger partial charge in [-0.05, 0) is 85.0 Å². The molecular formula is C39H37Br2N9O5. The number of halogens is 2. The molecule has 4 aliphatic heterocycles. The van der Waals surface area contributed by atoms with Gasteiger partial charge < -0.3 is 29.8 Å². The summed E-state index contributed by atoms with van der Waals surface area (Å²) in [6.45, 7) is 0. The van der Waals surface area contributed by atoms with Gasteiger partial charge in [0.25, 0.3) is 5.91 Å². The number of rotatable bonds is 6. The molecule has 2 fully saturated rings. The van der Waals surface area contributed by atoms with Gasteiger partial charge in [-0.15, -0.1) is 0 Å². The molecule has 4 bridgehead atoms. The Labute approximate surface area is 332 Å². The number of benzene rings is 2.